The lowest BCUT2D eigenvalue weighted by Gasteiger charge is -2.35. The molecule has 0 saturated carbocycles. The number of carbonyl (C=O) groups excluding carboxylic acids is 2. The Hall–Kier alpha value is -3.35. The summed E-state index contributed by atoms with van der Waals surface area (Å²) in [5.41, 5.74) is 2.11. The van der Waals surface area contributed by atoms with E-state index in [0.717, 1.165) is 11.1 Å². The molecule has 0 radical (unpaired) electrons. The third kappa shape index (κ3) is 3.31. The topological polar surface area (TPSA) is 80.4 Å². The first-order chi connectivity index (χ1) is 13.5. The molecule has 1 aromatic carbocycles. The van der Waals surface area contributed by atoms with Crippen molar-refractivity contribution in [2.24, 2.45) is 0 Å². The van der Waals surface area contributed by atoms with Gasteiger partial charge in [-0.3, -0.25) is 9.59 Å². The predicted molar refractivity (Wildman–Crippen MR) is 104 cm³/mol. The van der Waals surface area contributed by atoms with Crippen LogP contribution < -0.4 is 5.32 Å². The molecule has 1 atom stereocenters. The Morgan fingerprint density at radius 3 is 2.64 bits per heavy atom. The van der Waals surface area contributed by atoms with Gasteiger partial charge in [-0.2, -0.15) is 5.10 Å². The van der Waals surface area contributed by atoms with Crippen molar-refractivity contribution in [3.63, 3.8) is 0 Å². The van der Waals surface area contributed by atoms with Crippen LogP contribution in [0.5, 0.6) is 0 Å². The molecule has 7 heteroatoms. The lowest BCUT2D eigenvalue weighted by atomic mass is 9.93. The van der Waals surface area contributed by atoms with Crippen molar-refractivity contribution >= 4 is 17.6 Å². The second kappa shape index (κ2) is 7.34. The van der Waals surface area contributed by atoms with E-state index in [2.05, 4.69) is 10.4 Å². The summed E-state index contributed by atoms with van der Waals surface area (Å²) in [6.07, 6.45) is 3.56. The van der Waals surface area contributed by atoms with Gasteiger partial charge in [0.05, 0.1) is 12.5 Å². The minimum absolute atomic E-state index is 0.109. The average Bonchev–Trinajstić information content (AvgIpc) is 3.38. The van der Waals surface area contributed by atoms with E-state index in [1.807, 2.05) is 38.1 Å². The van der Waals surface area contributed by atoms with Crippen molar-refractivity contribution in [3.8, 4) is 0 Å². The fraction of sp³-hybridized carbons (Fsp3) is 0.286. The summed E-state index contributed by atoms with van der Waals surface area (Å²) < 4.78 is 7.03. The zero-order valence-corrected chi connectivity index (χ0v) is 15.8. The van der Waals surface area contributed by atoms with Crippen LogP contribution in [0.3, 0.4) is 0 Å². The molecule has 144 valence electrons. The first-order valence-electron chi connectivity index (χ1n) is 9.30. The van der Waals surface area contributed by atoms with Crippen LogP contribution in [0.2, 0.25) is 0 Å². The smallest absolute Gasteiger partial charge is 0.290 e. The van der Waals surface area contributed by atoms with E-state index in [-0.39, 0.29) is 23.6 Å². The van der Waals surface area contributed by atoms with E-state index in [1.54, 1.807) is 34.0 Å². The number of aromatic nitrogens is 2. The molecule has 0 aliphatic carbocycles. The molecular weight excluding hydrogens is 356 g/mol. The third-order valence-corrected chi connectivity index (χ3v) is 4.95. The van der Waals surface area contributed by atoms with Gasteiger partial charge in [0.25, 0.3) is 5.91 Å². The van der Waals surface area contributed by atoms with Crippen molar-refractivity contribution in [2.75, 3.05) is 5.32 Å². The first-order valence-corrected chi connectivity index (χ1v) is 9.30. The summed E-state index contributed by atoms with van der Waals surface area (Å²) >= 11 is 0. The number of hydrogen-bond acceptors (Lipinski definition) is 4. The normalized spacial score (nSPS) is 16.1. The van der Waals surface area contributed by atoms with Crippen molar-refractivity contribution < 1.29 is 14.0 Å². The Bertz CT molecular complexity index is 991. The number of amides is 2. The molecule has 2 aromatic heterocycles. The summed E-state index contributed by atoms with van der Waals surface area (Å²) in [6, 6.07) is 12.4. The molecule has 1 N–H and O–H groups in total. The van der Waals surface area contributed by atoms with Crippen LogP contribution in [-0.2, 0) is 17.8 Å². The molecule has 0 fully saturated rings. The number of benzene rings is 1. The molecule has 0 spiro atoms. The minimum atomic E-state index is -0.636. The summed E-state index contributed by atoms with van der Waals surface area (Å²) in [6.45, 7) is 4.34. The van der Waals surface area contributed by atoms with E-state index < -0.39 is 6.04 Å². The van der Waals surface area contributed by atoms with Gasteiger partial charge in [-0.25, -0.2) is 4.68 Å². The lowest BCUT2D eigenvalue weighted by molar-refractivity contribution is -0.121. The summed E-state index contributed by atoms with van der Waals surface area (Å²) in [5, 5.41) is 7.19. The van der Waals surface area contributed by atoms with Crippen LogP contribution in [0.15, 0.2) is 59.3 Å². The molecule has 1 aliphatic rings. The maximum atomic E-state index is 13.2. The number of rotatable bonds is 4. The predicted octanol–water partition coefficient (Wildman–Crippen LogP) is 3.26. The Labute approximate surface area is 162 Å². The highest BCUT2D eigenvalue weighted by atomic mass is 16.3. The molecular formula is C21H22N4O3. The molecule has 0 bridgehead atoms. The van der Waals surface area contributed by atoms with Gasteiger partial charge in [0, 0.05) is 25.1 Å². The van der Waals surface area contributed by atoms with Crippen molar-refractivity contribution in [1.82, 2.24) is 14.7 Å². The third-order valence-electron chi connectivity index (χ3n) is 4.95. The molecule has 7 nitrogen and oxygen atoms in total. The van der Waals surface area contributed by atoms with E-state index >= 15 is 0 Å². The highest BCUT2D eigenvalue weighted by Crippen LogP contribution is 2.26. The number of carbonyl (C=O) groups is 2. The Balaban J connectivity index is 1.64. The van der Waals surface area contributed by atoms with Crippen LogP contribution >= 0.6 is 0 Å². The Kier molecular flexibility index (Phi) is 4.73. The molecule has 28 heavy (non-hydrogen) atoms. The highest BCUT2D eigenvalue weighted by Gasteiger charge is 2.36. The van der Waals surface area contributed by atoms with Gasteiger partial charge in [0.1, 0.15) is 11.9 Å². The molecule has 0 saturated heterocycles. The molecule has 0 unspecified atom stereocenters. The summed E-state index contributed by atoms with van der Waals surface area (Å²) in [5.74, 6) is 0.308. The van der Waals surface area contributed by atoms with Crippen molar-refractivity contribution in [3.05, 3.63) is 71.8 Å². The van der Waals surface area contributed by atoms with Gasteiger partial charge < -0.3 is 14.6 Å². The number of fused-ring (bicyclic) bond motifs is 1. The standard InChI is InChI=1S/C21H22N4O3/c1-14(2)25-19(9-10-22-25)23-20(26)17-12-15-6-3-4-7-16(15)13-24(17)21(27)18-8-5-11-28-18/h3-11,14,17H,12-13H2,1-2H3,(H,23,26)/t17-/m1/s1. The zero-order chi connectivity index (χ0) is 19.7. The second-order valence-electron chi connectivity index (χ2n) is 7.14. The zero-order valence-electron chi connectivity index (χ0n) is 15.8. The van der Waals surface area contributed by atoms with Gasteiger partial charge in [0.2, 0.25) is 5.91 Å². The number of furan rings is 1. The van der Waals surface area contributed by atoms with Crippen LogP contribution in [-0.4, -0.2) is 32.5 Å². The SMILES string of the molecule is CC(C)n1nccc1NC(=O)[C@H]1Cc2ccccc2CN1C(=O)c1ccco1. The summed E-state index contributed by atoms with van der Waals surface area (Å²) in [4.78, 5) is 27.7. The van der Waals surface area contributed by atoms with Crippen LogP contribution in [0.25, 0.3) is 0 Å². The average molecular weight is 378 g/mol. The first kappa shape index (κ1) is 18.0. The van der Waals surface area contributed by atoms with E-state index in [9.17, 15) is 9.59 Å². The van der Waals surface area contributed by atoms with E-state index in [1.165, 1.54) is 6.26 Å². The molecule has 3 heterocycles. The van der Waals surface area contributed by atoms with Crippen LogP contribution in [0.4, 0.5) is 5.82 Å². The van der Waals surface area contributed by atoms with Crippen molar-refractivity contribution in [1.29, 1.82) is 0 Å². The van der Waals surface area contributed by atoms with Gasteiger partial charge in [-0.05, 0) is 37.1 Å². The number of anilines is 1. The van der Waals surface area contributed by atoms with Gasteiger partial charge in [-0.15, -0.1) is 0 Å². The van der Waals surface area contributed by atoms with Gasteiger partial charge >= 0.3 is 0 Å². The van der Waals surface area contributed by atoms with E-state index in [4.69, 9.17) is 4.42 Å². The monoisotopic (exact) mass is 378 g/mol. The molecule has 3 aromatic rings. The largest absolute Gasteiger partial charge is 0.459 e. The molecule has 4 rings (SSSR count). The quantitative estimate of drug-likeness (QED) is 0.756. The van der Waals surface area contributed by atoms with Gasteiger partial charge in [-0.1, -0.05) is 24.3 Å². The highest BCUT2D eigenvalue weighted by molar-refractivity contribution is 6.00. The number of nitrogens with one attached hydrogen (secondary N) is 1. The summed E-state index contributed by atoms with van der Waals surface area (Å²) in [7, 11) is 0. The molecule has 1 aliphatic heterocycles. The fourth-order valence-corrected chi connectivity index (χ4v) is 3.55. The Morgan fingerprint density at radius 2 is 1.93 bits per heavy atom. The maximum absolute atomic E-state index is 13.2. The fourth-order valence-electron chi connectivity index (χ4n) is 3.55. The van der Waals surface area contributed by atoms with Crippen LogP contribution in [0, 0.1) is 0 Å². The Morgan fingerprint density at radius 1 is 1.14 bits per heavy atom. The van der Waals surface area contributed by atoms with Crippen LogP contribution in [0.1, 0.15) is 41.6 Å². The van der Waals surface area contributed by atoms with Gasteiger partial charge in [0.15, 0.2) is 5.76 Å². The minimum Gasteiger partial charge on any atom is -0.459 e. The second-order valence-corrected chi connectivity index (χ2v) is 7.14. The maximum Gasteiger partial charge on any atom is 0.290 e. The van der Waals surface area contributed by atoms with Crippen molar-refractivity contribution in [2.45, 2.75) is 38.9 Å². The van der Waals surface area contributed by atoms with E-state index in [0.29, 0.717) is 18.8 Å². The molecule has 2 amide bonds. The lowest BCUT2D eigenvalue weighted by Crippen LogP contribution is -2.50. The number of hydrogen-bond donors (Lipinski definition) is 1. The number of nitrogens with zero attached hydrogens (tertiary/aromatic N) is 3.